The lowest BCUT2D eigenvalue weighted by Crippen LogP contribution is -2.33. The summed E-state index contributed by atoms with van der Waals surface area (Å²) < 4.78 is 30.0. The molecule has 0 aliphatic carbocycles. The zero-order valence-electron chi connectivity index (χ0n) is 23.1. The molecule has 4 rings (SSSR count). The molecule has 1 amide bonds. The number of fused-ring (bicyclic) bond motifs is 1. The number of unbranched alkanes of at least 4 members (excludes halogenated alkanes) is 2. The smallest absolute Gasteiger partial charge is 0.267 e. The third kappa shape index (κ3) is 7.46. The number of halogens is 1. The molecular formula is C29H30BrN5O5S2. The standard InChI is InChI=1S/C29H30BrN5O5S2/c1-3-5-17-33(18-6-4-2)42(39,40)25-14-9-22(10-15-25)28(36)34(29-32-26-16-11-23(30)19-27(26)41-29)31-20-21-7-12-24(13-8-21)35(37)38/h7-16,19-20H,3-6,17-18H2,1-2H3/b31-20+. The summed E-state index contributed by atoms with van der Waals surface area (Å²) in [4.78, 5) is 29.0. The second kappa shape index (κ2) is 14.1. The number of anilines is 1. The summed E-state index contributed by atoms with van der Waals surface area (Å²) in [7, 11) is -3.72. The van der Waals surface area contributed by atoms with Crippen LogP contribution in [-0.4, -0.2) is 47.8 Å². The van der Waals surface area contributed by atoms with E-state index in [1.807, 2.05) is 32.0 Å². The van der Waals surface area contributed by atoms with Crippen molar-refractivity contribution in [2.75, 3.05) is 18.1 Å². The highest BCUT2D eigenvalue weighted by Crippen LogP contribution is 2.32. The molecule has 0 bridgehead atoms. The minimum atomic E-state index is -3.72. The summed E-state index contributed by atoms with van der Waals surface area (Å²) >= 11 is 4.72. The Hall–Kier alpha value is -3.52. The predicted molar refractivity (Wildman–Crippen MR) is 170 cm³/mol. The van der Waals surface area contributed by atoms with E-state index in [0.29, 0.717) is 29.3 Å². The van der Waals surface area contributed by atoms with E-state index in [9.17, 15) is 23.3 Å². The molecule has 10 nitrogen and oxygen atoms in total. The first-order valence-corrected chi connectivity index (χ1v) is 16.5. The monoisotopic (exact) mass is 671 g/mol. The van der Waals surface area contributed by atoms with Crippen LogP contribution in [0, 0.1) is 10.1 Å². The van der Waals surface area contributed by atoms with E-state index in [1.165, 1.54) is 70.4 Å². The molecular weight excluding hydrogens is 642 g/mol. The van der Waals surface area contributed by atoms with E-state index in [0.717, 1.165) is 39.9 Å². The molecule has 0 spiro atoms. The zero-order chi connectivity index (χ0) is 30.3. The number of nitrogens with zero attached hydrogens (tertiary/aromatic N) is 5. The lowest BCUT2D eigenvalue weighted by atomic mass is 10.2. The van der Waals surface area contributed by atoms with Crippen molar-refractivity contribution in [1.29, 1.82) is 0 Å². The number of nitro groups is 1. The van der Waals surface area contributed by atoms with Gasteiger partial charge in [-0.2, -0.15) is 14.4 Å². The van der Waals surface area contributed by atoms with Crippen molar-refractivity contribution >= 4 is 70.4 Å². The largest absolute Gasteiger partial charge is 0.280 e. The number of hydrazone groups is 1. The highest BCUT2D eigenvalue weighted by atomic mass is 79.9. The molecule has 13 heteroatoms. The number of carbonyl (C=O) groups is 1. The average Bonchev–Trinajstić information content (AvgIpc) is 3.40. The van der Waals surface area contributed by atoms with Crippen molar-refractivity contribution in [2.24, 2.45) is 5.10 Å². The maximum atomic E-state index is 13.8. The van der Waals surface area contributed by atoms with Gasteiger partial charge in [0.15, 0.2) is 0 Å². The quantitative estimate of drug-likeness (QED) is 0.0838. The van der Waals surface area contributed by atoms with Crippen LogP contribution in [0.5, 0.6) is 0 Å². The molecule has 42 heavy (non-hydrogen) atoms. The van der Waals surface area contributed by atoms with Crippen LogP contribution in [0.25, 0.3) is 10.2 Å². The van der Waals surface area contributed by atoms with E-state index in [-0.39, 0.29) is 16.1 Å². The fourth-order valence-corrected chi connectivity index (χ4v) is 7.03. The molecule has 1 aromatic heterocycles. The zero-order valence-corrected chi connectivity index (χ0v) is 26.4. The maximum absolute atomic E-state index is 13.8. The van der Waals surface area contributed by atoms with Crippen LogP contribution >= 0.6 is 27.3 Å². The van der Waals surface area contributed by atoms with E-state index < -0.39 is 20.9 Å². The molecule has 220 valence electrons. The molecule has 0 N–H and O–H groups in total. The molecule has 0 aliphatic heterocycles. The van der Waals surface area contributed by atoms with E-state index in [1.54, 1.807) is 0 Å². The molecule has 0 atom stereocenters. The fourth-order valence-electron chi connectivity index (χ4n) is 4.03. The highest BCUT2D eigenvalue weighted by molar-refractivity contribution is 9.10. The second-order valence-electron chi connectivity index (χ2n) is 9.45. The van der Waals surface area contributed by atoms with Crippen LogP contribution in [0.4, 0.5) is 10.8 Å². The van der Waals surface area contributed by atoms with Crippen LogP contribution in [0.1, 0.15) is 55.5 Å². The predicted octanol–water partition coefficient (Wildman–Crippen LogP) is 7.24. The summed E-state index contributed by atoms with van der Waals surface area (Å²) in [6.45, 7) is 4.92. The lowest BCUT2D eigenvalue weighted by Gasteiger charge is -2.22. The van der Waals surface area contributed by atoms with Gasteiger partial charge < -0.3 is 0 Å². The van der Waals surface area contributed by atoms with Crippen LogP contribution in [0.3, 0.4) is 0 Å². The van der Waals surface area contributed by atoms with Crippen LogP contribution in [-0.2, 0) is 10.0 Å². The molecule has 0 unspecified atom stereocenters. The SMILES string of the molecule is CCCCN(CCCC)S(=O)(=O)c1ccc(C(=O)N(/N=C/c2ccc([N+](=O)[O-])cc2)c2nc3ccc(Br)cc3s2)cc1. The van der Waals surface area contributed by atoms with Crippen LogP contribution in [0.15, 0.2) is 81.2 Å². The van der Waals surface area contributed by atoms with Gasteiger partial charge in [-0.3, -0.25) is 14.9 Å². The average molecular weight is 673 g/mol. The number of rotatable bonds is 13. The first-order chi connectivity index (χ1) is 20.1. The number of thiazole rings is 1. The molecule has 3 aromatic carbocycles. The van der Waals surface area contributed by atoms with Crippen LogP contribution < -0.4 is 5.01 Å². The summed E-state index contributed by atoms with van der Waals surface area (Å²) in [5.41, 5.74) is 1.39. The first-order valence-electron chi connectivity index (χ1n) is 13.4. The Morgan fingerprint density at radius 3 is 2.26 bits per heavy atom. The van der Waals surface area contributed by atoms with Gasteiger partial charge >= 0.3 is 0 Å². The molecule has 0 saturated carbocycles. The number of aromatic nitrogens is 1. The Bertz CT molecular complexity index is 1680. The van der Waals surface area contributed by atoms with Crippen molar-refractivity contribution < 1.29 is 18.1 Å². The van der Waals surface area contributed by atoms with Gasteiger partial charge in [-0.1, -0.05) is 54.0 Å². The van der Waals surface area contributed by atoms with Gasteiger partial charge in [-0.25, -0.2) is 13.4 Å². The Morgan fingerprint density at radius 2 is 1.67 bits per heavy atom. The van der Waals surface area contributed by atoms with E-state index >= 15 is 0 Å². The van der Waals surface area contributed by atoms with Gasteiger partial charge in [-0.05, 0) is 73.0 Å². The number of carbonyl (C=O) groups excluding carboxylic acids is 1. The highest BCUT2D eigenvalue weighted by Gasteiger charge is 2.26. The molecule has 0 fully saturated rings. The number of sulfonamides is 1. The summed E-state index contributed by atoms with van der Waals surface area (Å²) in [5, 5.41) is 16.9. The van der Waals surface area contributed by atoms with Gasteiger partial charge in [-0.15, -0.1) is 0 Å². The maximum Gasteiger partial charge on any atom is 0.280 e. The third-order valence-corrected chi connectivity index (χ3v) is 9.80. The topological polar surface area (TPSA) is 126 Å². The van der Waals surface area contributed by atoms with E-state index in [2.05, 4.69) is 26.0 Å². The van der Waals surface area contributed by atoms with Crippen molar-refractivity contribution in [3.8, 4) is 0 Å². The Morgan fingerprint density at radius 1 is 1.02 bits per heavy atom. The number of nitro benzene ring substituents is 1. The first kappa shape index (κ1) is 31.4. The molecule has 0 radical (unpaired) electrons. The minimum absolute atomic E-state index is 0.0603. The second-order valence-corrected chi connectivity index (χ2v) is 13.3. The van der Waals surface area contributed by atoms with Crippen LogP contribution in [0.2, 0.25) is 0 Å². The number of benzene rings is 3. The fraction of sp³-hybridized carbons (Fsp3) is 0.276. The number of amides is 1. The third-order valence-electron chi connectivity index (χ3n) is 6.40. The van der Waals surface area contributed by atoms with Gasteiger partial charge in [0, 0.05) is 35.3 Å². The van der Waals surface area contributed by atoms with Gasteiger partial charge in [0.25, 0.3) is 11.6 Å². The Labute approximate surface area is 257 Å². The molecule has 0 aliphatic rings. The minimum Gasteiger partial charge on any atom is -0.267 e. The van der Waals surface area contributed by atoms with Crippen molar-refractivity contribution in [2.45, 2.75) is 44.4 Å². The van der Waals surface area contributed by atoms with Gasteiger partial charge in [0.2, 0.25) is 15.2 Å². The van der Waals surface area contributed by atoms with Crippen molar-refractivity contribution in [1.82, 2.24) is 9.29 Å². The summed E-state index contributed by atoms with van der Waals surface area (Å²) in [6.07, 6.45) is 4.71. The van der Waals surface area contributed by atoms with E-state index in [4.69, 9.17) is 0 Å². The lowest BCUT2D eigenvalue weighted by molar-refractivity contribution is -0.384. The summed E-state index contributed by atoms with van der Waals surface area (Å²) in [5.74, 6) is -0.510. The van der Waals surface area contributed by atoms with Crippen molar-refractivity contribution in [3.63, 3.8) is 0 Å². The Kier molecular flexibility index (Phi) is 10.5. The molecule has 4 aromatic rings. The number of non-ortho nitro benzene ring substituents is 1. The van der Waals surface area contributed by atoms with Gasteiger partial charge in [0.1, 0.15) is 0 Å². The summed E-state index contributed by atoms with van der Waals surface area (Å²) in [6, 6.07) is 17.2. The number of hydrogen-bond acceptors (Lipinski definition) is 8. The number of hydrogen-bond donors (Lipinski definition) is 0. The Balaban J connectivity index is 1.66. The van der Waals surface area contributed by atoms with Crippen molar-refractivity contribution in [3.05, 3.63) is 92.4 Å². The molecule has 1 heterocycles. The van der Waals surface area contributed by atoms with Gasteiger partial charge in [0.05, 0.1) is 26.3 Å². The molecule has 0 saturated heterocycles. The normalized spacial score (nSPS) is 11.9.